The van der Waals surface area contributed by atoms with E-state index in [1.165, 1.54) is 0 Å². The van der Waals surface area contributed by atoms with Gasteiger partial charge in [-0.15, -0.1) is 0 Å². The van der Waals surface area contributed by atoms with Crippen LogP contribution in [0.1, 0.15) is 95.2 Å². The molecule has 0 amide bonds. The second kappa shape index (κ2) is 11.0. The summed E-state index contributed by atoms with van der Waals surface area (Å²) in [5.74, 6) is 0.556. The van der Waals surface area contributed by atoms with Crippen molar-refractivity contribution in [2.75, 3.05) is 11.9 Å². The van der Waals surface area contributed by atoms with E-state index in [1.807, 2.05) is 23.0 Å². The molecule has 2 heterocycles. The van der Waals surface area contributed by atoms with Crippen molar-refractivity contribution in [2.24, 2.45) is 0 Å². The van der Waals surface area contributed by atoms with Gasteiger partial charge in [0.15, 0.2) is 5.65 Å². The molecule has 2 saturated carbocycles. The highest BCUT2D eigenvalue weighted by atomic mass is 32.2. The third-order valence-electron chi connectivity index (χ3n) is 7.71. The van der Waals surface area contributed by atoms with Crippen molar-refractivity contribution in [3.63, 3.8) is 0 Å². The van der Waals surface area contributed by atoms with Crippen LogP contribution in [0.15, 0.2) is 29.3 Å². The van der Waals surface area contributed by atoms with Crippen LogP contribution in [0.4, 0.5) is 5.95 Å². The van der Waals surface area contributed by atoms with Gasteiger partial charge in [0.25, 0.3) is 0 Å². The minimum absolute atomic E-state index is 0.0455. The number of nitrogens with one attached hydrogen (secondary N) is 2. The van der Waals surface area contributed by atoms with Crippen LogP contribution in [0.3, 0.4) is 0 Å². The first kappa shape index (κ1) is 25.4. The molecular weight excluding hydrogens is 476 g/mol. The van der Waals surface area contributed by atoms with Crippen LogP contribution in [0, 0.1) is 0 Å². The van der Waals surface area contributed by atoms with Gasteiger partial charge in [0.05, 0.1) is 28.1 Å². The summed E-state index contributed by atoms with van der Waals surface area (Å²) in [6.07, 6.45) is 17.0. The van der Waals surface area contributed by atoms with E-state index in [2.05, 4.69) is 21.9 Å². The molecule has 0 spiro atoms. The maximum Gasteiger partial charge on any atom is 0.240 e. The largest absolute Gasteiger partial charge is 0.393 e. The van der Waals surface area contributed by atoms with Crippen LogP contribution in [0.5, 0.6) is 0 Å². The van der Waals surface area contributed by atoms with E-state index >= 15 is 0 Å². The van der Waals surface area contributed by atoms with Gasteiger partial charge in [-0.1, -0.05) is 38.3 Å². The molecule has 0 aromatic carbocycles. The van der Waals surface area contributed by atoms with Crippen LogP contribution in [-0.4, -0.2) is 52.0 Å². The lowest BCUT2D eigenvalue weighted by molar-refractivity contribution is 0.108. The standard InChI is InChI=1S/C26H38N6O3S/c1-2-3-16-27-26-28-17-23-24(30-32(25(23)29-26)20-10-12-21(33)13-11-20)18-8-14-22(15-9-18)36(34,35)31-19-6-4-5-7-19/h8,14-15,17-21,31,33H,2-7,9-13,16H2,1H3,(H,27,28,29). The number of allylic oxidation sites excluding steroid dienone is 3. The number of unbranched alkanes of at least 4 members (excludes halogenated alkanes) is 1. The monoisotopic (exact) mass is 514 g/mol. The van der Waals surface area contributed by atoms with Gasteiger partial charge in [0.2, 0.25) is 16.0 Å². The van der Waals surface area contributed by atoms with Crippen LogP contribution < -0.4 is 10.0 Å². The van der Waals surface area contributed by atoms with E-state index in [1.54, 1.807) is 6.08 Å². The van der Waals surface area contributed by atoms with E-state index in [0.29, 0.717) is 17.3 Å². The number of rotatable bonds is 9. The highest BCUT2D eigenvalue weighted by Gasteiger charge is 2.29. The molecule has 3 N–H and O–H groups in total. The second-order valence-electron chi connectivity index (χ2n) is 10.4. The molecule has 2 aromatic rings. The lowest BCUT2D eigenvalue weighted by Gasteiger charge is -2.26. The normalized spacial score (nSPS) is 25.4. The van der Waals surface area contributed by atoms with Gasteiger partial charge in [-0.2, -0.15) is 10.1 Å². The highest BCUT2D eigenvalue weighted by molar-refractivity contribution is 7.93. The van der Waals surface area contributed by atoms with Crippen molar-refractivity contribution in [1.29, 1.82) is 0 Å². The lowest BCUT2D eigenvalue weighted by Crippen LogP contribution is -2.33. The van der Waals surface area contributed by atoms with Gasteiger partial charge in [-0.05, 0) is 57.4 Å². The summed E-state index contributed by atoms with van der Waals surface area (Å²) in [4.78, 5) is 9.74. The SMILES string of the molecule is CCCCNc1ncc2c(C3C=CC(S(=O)(=O)NC4CCCC4)=CC3)nn(C3CCC(O)CC3)c2n1. The molecule has 1 unspecified atom stereocenters. The minimum atomic E-state index is -3.51. The minimum Gasteiger partial charge on any atom is -0.393 e. The third-order valence-corrected chi connectivity index (χ3v) is 9.27. The number of sulfonamides is 1. The van der Waals surface area contributed by atoms with Crippen LogP contribution >= 0.6 is 0 Å². The van der Waals surface area contributed by atoms with E-state index < -0.39 is 10.0 Å². The first-order valence-corrected chi connectivity index (χ1v) is 15.0. The fraction of sp³-hybridized carbons (Fsp3) is 0.654. The smallest absolute Gasteiger partial charge is 0.240 e. The first-order valence-electron chi connectivity index (χ1n) is 13.5. The summed E-state index contributed by atoms with van der Waals surface area (Å²) in [6, 6.07) is 0.227. The van der Waals surface area contributed by atoms with Crippen molar-refractivity contribution in [2.45, 2.75) is 102 Å². The van der Waals surface area contributed by atoms with Crippen LogP contribution in [0.2, 0.25) is 0 Å². The molecule has 3 aliphatic carbocycles. The van der Waals surface area contributed by atoms with Crippen molar-refractivity contribution in [3.8, 4) is 0 Å². The quantitative estimate of drug-likeness (QED) is 0.426. The Labute approximate surface area is 213 Å². The Bertz CT molecular complexity index is 1220. The molecule has 0 radical (unpaired) electrons. The Morgan fingerprint density at radius 3 is 2.61 bits per heavy atom. The molecule has 0 aliphatic heterocycles. The maximum absolute atomic E-state index is 12.9. The van der Waals surface area contributed by atoms with E-state index in [9.17, 15) is 13.5 Å². The fourth-order valence-electron chi connectivity index (χ4n) is 5.57. The van der Waals surface area contributed by atoms with E-state index in [-0.39, 0.29) is 24.1 Å². The van der Waals surface area contributed by atoms with Gasteiger partial charge in [-0.3, -0.25) is 0 Å². The highest BCUT2D eigenvalue weighted by Crippen LogP contribution is 2.36. The molecule has 0 bridgehead atoms. The maximum atomic E-state index is 12.9. The zero-order valence-electron chi connectivity index (χ0n) is 21.1. The Morgan fingerprint density at radius 1 is 1.14 bits per heavy atom. The summed E-state index contributed by atoms with van der Waals surface area (Å²) in [5, 5.41) is 19.3. The predicted molar refractivity (Wildman–Crippen MR) is 141 cm³/mol. The molecule has 5 rings (SSSR count). The zero-order chi connectivity index (χ0) is 25.1. The number of nitrogens with zero attached hydrogens (tertiary/aromatic N) is 4. The average Bonchev–Trinajstić information content (AvgIpc) is 3.52. The van der Waals surface area contributed by atoms with Gasteiger partial charge in [0, 0.05) is 24.7 Å². The van der Waals surface area contributed by atoms with Gasteiger partial charge in [0.1, 0.15) is 0 Å². The zero-order valence-corrected chi connectivity index (χ0v) is 21.9. The van der Waals surface area contributed by atoms with Gasteiger partial charge in [-0.25, -0.2) is 22.8 Å². The number of aliphatic hydroxyl groups is 1. The number of aromatic nitrogens is 4. The number of hydrogen-bond donors (Lipinski definition) is 3. The third kappa shape index (κ3) is 5.50. The number of fused-ring (bicyclic) bond motifs is 1. The fourth-order valence-corrected chi connectivity index (χ4v) is 6.96. The molecule has 196 valence electrons. The van der Waals surface area contributed by atoms with Gasteiger partial charge >= 0.3 is 0 Å². The molecule has 2 aromatic heterocycles. The molecule has 36 heavy (non-hydrogen) atoms. The molecule has 2 fully saturated rings. The van der Waals surface area contributed by atoms with E-state index in [4.69, 9.17) is 10.1 Å². The Hall–Kier alpha value is -2.30. The Balaban J connectivity index is 1.40. The van der Waals surface area contributed by atoms with Crippen molar-refractivity contribution < 1.29 is 13.5 Å². The molecule has 0 saturated heterocycles. The Morgan fingerprint density at radius 2 is 1.92 bits per heavy atom. The Kier molecular flexibility index (Phi) is 7.73. The summed E-state index contributed by atoms with van der Waals surface area (Å²) in [6.45, 7) is 2.97. The molecular formula is C26H38N6O3S. The topological polar surface area (TPSA) is 122 Å². The summed E-state index contributed by atoms with van der Waals surface area (Å²) in [5.41, 5.74) is 1.68. The van der Waals surface area contributed by atoms with Crippen molar-refractivity contribution in [1.82, 2.24) is 24.5 Å². The number of hydrogen-bond acceptors (Lipinski definition) is 7. The lowest BCUT2D eigenvalue weighted by atomic mass is 9.93. The molecule has 3 aliphatic rings. The molecule has 1 atom stereocenters. The molecule has 10 heteroatoms. The molecule has 9 nitrogen and oxygen atoms in total. The first-order chi connectivity index (χ1) is 17.4. The summed E-state index contributed by atoms with van der Waals surface area (Å²) in [7, 11) is -3.51. The van der Waals surface area contributed by atoms with E-state index in [0.717, 1.165) is 87.5 Å². The number of anilines is 1. The number of aliphatic hydroxyl groups excluding tert-OH is 1. The average molecular weight is 515 g/mol. The van der Waals surface area contributed by atoms with Crippen LogP contribution in [-0.2, 0) is 10.0 Å². The predicted octanol–water partition coefficient (Wildman–Crippen LogP) is 4.30. The van der Waals surface area contributed by atoms with Gasteiger partial charge < -0.3 is 10.4 Å². The second-order valence-corrected chi connectivity index (χ2v) is 12.1. The van der Waals surface area contributed by atoms with Crippen molar-refractivity contribution in [3.05, 3.63) is 35.0 Å². The van der Waals surface area contributed by atoms with Crippen molar-refractivity contribution >= 4 is 27.0 Å². The van der Waals surface area contributed by atoms with Crippen LogP contribution in [0.25, 0.3) is 11.0 Å². The summed E-state index contributed by atoms with van der Waals surface area (Å²) < 4.78 is 30.7. The summed E-state index contributed by atoms with van der Waals surface area (Å²) >= 11 is 0.